The number of ether oxygens (including phenoxy) is 3. The second-order valence-corrected chi connectivity index (χ2v) is 12.9. The van der Waals surface area contributed by atoms with E-state index in [2.05, 4.69) is 15.6 Å². The van der Waals surface area contributed by atoms with Crippen molar-refractivity contribution in [3.8, 4) is 28.4 Å². The molecular weight excluding hydrogens is 622 g/mol. The van der Waals surface area contributed by atoms with E-state index < -0.39 is 12.1 Å². The highest BCUT2D eigenvalue weighted by molar-refractivity contribution is 5.87. The summed E-state index contributed by atoms with van der Waals surface area (Å²) in [5.41, 5.74) is 4.92. The number of hydrogen-bond donors (Lipinski definition) is 3. The second kappa shape index (κ2) is 14.2. The molecule has 3 N–H and O–H groups in total. The smallest absolute Gasteiger partial charge is 0.245 e. The Bertz CT molecular complexity index is 1910. The molecule has 2 amide bonds. The third-order valence-electron chi connectivity index (χ3n) is 9.97. The Morgan fingerprint density at radius 1 is 1.04 bits per heavy atom. The second-order valence-electron chi connectivity index (χ2n) is 12.9. The standard InChI is InChI=1S/C38H45N5O6/c1-7-21(2)34(38(46)43-18-10-13-30(43)37-41-27-11-8-9-12-28(27)42-37)40-29-17-15-24-25(20-31(29)45)26(39-22(3)44)16-14-23-19-32(47-4)35(48-5)36(49-6)33(23)24/h8-9,11-12,15,17,19-21,26,30,34H,7,10,13-14,16,18H2,1-6H3,(H,39,44)(H,40,45)(H,41,42)/t21-,26+,30+,34+/m1/s1. The van der Waals surface area contributed by atoms with Crippen molar-refractivity contribution in [2.45, 2.75) is 71.0 Å². The Labute approximate surface area is 286 Å². The lowest BCUT2D eigenvalue weighted by Gasteiger charge is -2.31. The number of nitrogens with one attached hydrogen (secondary N) is 3. The summed E-state index contributed by atoms with van der Waals surface area (Å²) in [6.45, 7) is 6.15. The number of benzene rings is 2. The average Bonchev–Trinajstić information content (AvgIpc) is 3.70. The number of aromatic nitrogens is 2. The zero-order valence-corrected chi connectivity index (χ0v) is 29.0. The molecule has 1 fully saturated rings. The van der Waals surface area contributed by atoms with Gasteiger partial charge in [0.25, 0.3) is 0 Å². The number of aromatic amines is 1. The molecular formula is C38H45N5O6. The number of H-pyrrole nitrogens is 1. The zero-order chi connectivity index (χ0) is 34.8. The Kier molecular flexibility index (Phi) is 9.80. The van der Waals surface area contributed by atoms with Crippen LogP contribution in [0.4, 0.5) is 5.69 Å². The van der Waals surface area contributed by atoms with Crippen LogP contribution in [-0.2, 0) is 16.0 Å². The molecule has 1 aliphatic heterocycles. The number of para-hydroxylation sites is 2. The highest BCUT2D eigenvalue weighted by Gasteiger charge is 2.38. The van der Waals surface area contributed by atoms with Gasteiger partial charge in [-0.05, 0) is 78.6 Å². The molecule has 1 saturated heterocycles. The maximum atomic E-state index is 14.4. The molecule has 0 unspecified atom stereocenters. The lowest BCUT2D eigenvalue weighted by molar-refractivity contribution is -0.134. The van der Waals surface area contributed by atoms with Gasteiger partial charge in [0.1, 0.15) is 11.9 Å². The predicted octanol–water partition coefficient (Wildman–Crippen LogP) is 5.93. The van der Waals surface area contributed by atoms with Crippen LogP contribution in [0, 0.1) is 5.92 Å². The van der Waals surface area contributed by atoms with Gasteiger partial charge in [0.05, 0.1) is 50.1 Å². The fourth-order valence-corrected chi connectivity index (χ4v) is 7.30. The molecule has 258 valence electrons. The molecule has 0 saturated carbocycles. The van der Waals surface area contributed by atoms with Gasteiger partial charge in [0, 0.05) is 19.0 Å². The first-order chi connectivity index (χ1) is 23.7. The topological polar surface area (TPSA) is 135 Å². The van der Waals surface area contributed by atoms with Crippen LogP contribution < -0.4 is 30.3 Å². The van der Waals surface area contributed by atoms with Crippen LogP contribution in [0.25, 0.3) is 22.2 Å². The van der Waals surface area contributed by atoms with Gasteiger partial charge in [0.15, 0.2) is 11.5 Å². The number of hydrogen-bond acceptors (Lipinski definition) is 8. The highest BCUT2D eigenvalue weighted by atomic mass is 16.5. The predicted molar refractivity (Wildman–Crippen MR) is 189 cm³/mol. The molecule has 11 heteroatoms. The van der Waals surface area contributed by atoms with E-state index >= 15 is 0 Å². The first-order valence-electron chi connectivity index (χ1n) is 17.0. The molecule has 2 heterocycles. The van der Waals surface area contributed by atoms with E-state index in [1.165, 1.54) is 6.92 Å². The first kappa shape index (κ1) is 33.8. The molecule has 11 nitrogen and oxygen atoms in total. The maximum Gasteiger partial charge on any atom is 0.245 e. The number of amides is 2. The van der Waals surface area contributed by atoms with Crippen molar-refractivity contribution in [2.24, 2.45) is 5.92 Å². The van der Waals surface area contributed by atoms with Gasteiger partial charge in [-0.2, -0.15) is 0 Å². The number of aryl methyl sites for hydroxylation is 1. The molecule has 0 spiro atoms. The number of carbonyl (C=O) groups excluding carboxylic acids is 2. The molecule has 0 bridgehead atoms. The minimum atomic E-state index is -0.651. The van der Waals surface area contributed by atoms with Crippen molar-refractivity contribution in [2.75, 3.05) is 33.2 Å². The molecule has 49 heavy (non-hydrogen) atoms. The van der Waals surface area contributed by atoms with Crippen LogP contribution in [0.5, 0.6) is 17.2 Å². The van der Waals surface area contributed by atoms with Crippen LogP contribution in [-0.4, -0.2) is 60.6 Å². The highest BCUT2D eigenvalue weighted by Crippen LogP contribution is 2.50. The van der Waals surface area contributed by atoms with Crippen LogP contribution in [0.15, 0.2) is 53.3 Å². The number of rotatable bonds is 10. The summed E-state index contributed by atoms with van der Waals surface area (Å²) in [5.74, 6) is 1.88. The SMILES string of the molecule is CC[C@@H](C)[C@H](Nc1ccc2c(cc1=O)[C@@H](NC(C)=O)CCc1cc(OC)c(OC)c(OC)c1-2)C(=O)N1CCC[C@H]1c1nc2ccccc2[nH]1. The van der Waals surface area contributed by atoms with Gasteiger partial charge >= 0.3 is 0 Å². The summed E-state index contributed by atoms with van der Waals surface area (Å²) in [4.78, 5) is 51.0. The molecule has 6 rings (SSSR count). The molecule has 4 aromatic rings. The minimum Gasteiger partial charge on any atom is -0.493 e. The van der Waals surface area contributed by atoms with Crippen LogP contribution in [0.3, 0.4) is 0 Å². The fourth-order valence-electron chi connectivity index (χ4n) is 7.30. The number of anilines is 1. The van der Waals surface area contributed by atoms with E-state index in [9.17, 15) is 14.4 Å². The lowest BCUT2D eigenvalue weighted by atomic mass is 9.95. The van der Waals surface area contributed by atoms with Gasteiger partial charge < -0.3 is 34.7 Å². The fraction of sp³-hybridized carbons (Fsp3) is 0.421. The van der Waals surface area contributed by atoms with Crippen LogP contribution in [0.1, 0.15) is 75.5 Å². The molecule has 1 aliphatic carbocycles. The molecule has 4 atom stereocenters. The average molecular weight is 668 g/mol. The zero-order valence-electron chi connectivity index (χ0n) is 29.0. The Balaban J connectivity index is 1.42. The molecule has 0 radical (unpaired) electrons. The normalized spacial score (nSPS) is 18.1. The summed E-state index contributed by atoms with van der Waals surface area (Å²) in [6, 6.07) is 13.7. The molecule has 3 aromatic carbocycles. The monoisotopic (exact) mass is 667 g/mol. The van der Waals surface area contributed by atoms with Gasteiger partial charge in [-0.3, -0.25) is 14.4 Å². The summed E-state index contributed by atoms with van der Waals surface area (Å²) < 4.78 is 17.3. The summed E-state index contributed by atoms with van der Waals surface area (Å²) >= 11 is 0. The number of carbonyl (C=O) groups is 2. The number of methoxy groups -OCH3 is 3. The lowest BCUT2D eigenvalue weighted by Crippen LogP contribution is -2.46. The number of likely N-dealkylation sites (tertiary alicyclic amines) is 1. The van der Waals surface area contributed by atoms with E-state index in [0.29, 0.717) is 47.9 Å². The van der Waals surface area contributed by atoms with Crippen molar-refractivity contribution < 1.29 is 23.8 Å². The Morgan fingerprint density at radius 3 is 2.51 bits per heavy atom. The summed E-state index contributed by atoms with van der Waals surface area (Å²) in [6.07, 6.45) is 3.55. The van der Waals surface area contributed by atoms with Gasteiger partial charge in [-0.25, -0.2) is 4.98 Å². The minimum absolute atomic E-state index is 0.0651. The third-order valence-corrected chi connectivity index (χ3v) is 9.97. The van der Waals surface area contributed by atoms with Crippen molar-refractivity contribution in [3.05, 3.63) is 75.7 Å². The largest absolute Gasteiger partial charge is 0.493 e. The van der Waals surface area contributed by atoms with E-state index in [4.69, 9.17) is 19.2 Å². The summed E-state index contributed by atoms with van der Waals surface area (Å²) in [5, 5.41) is 6.43. The third kappa shape index (κ3) is 6.41. The van der Waals surface area contributed by atoms with Gasteiger partial charge in [-0.1, -0.05) is 38.5 Å². The molecule has 2 aliphatic rings. The number of imidazole rings is 1. The number of nitrogens with zero attached hydrogens (tertiary/aromatic N) is 2. The van der Waals surface area contributed by atoms with E-state index in [0.717, 1.165) is 52.8 Å². The van der Waals surface area contributed by atoms with Crippen LogP contribution in [0.2, 0.25) is 0 Å². The van der Waals surface area contributed by atoms with Crippen molar-refractivity contribution >= 4 is 28.5 Å². The van der Waals surface area contributed by atoms with Crippen molar-refractivity contribution in [1.82, 2.24) is 20.2 Å². The Hall–Kier alpha value is -5.06. The number of fused-ring (bicyclic) bond motifs is 4. The van der Waals surface area contributed by atoms with Crippen molar-refractivity contribution in [1.29, 1.82) is 0 Å². The van der Waals surface area contributed by atoms with Crippen molar-refractivity contribution in [3.63, 3.8) is 0 Å². The maximum absolute atomic E-state index is 14.4. The Morgan fingerprint density at radius 2 is 1.82 bits per heavy atom. The van der Waals surface area contributed by atoms with E-state index in [1.807, 2.05) is 55.1 Å². The quantitative estimate of drug-likeness (QED) is 0.190. The van der Waals surface area contributed by atoms with E-state index in [-0.39, 0.29) is 29.2 Å². The van der Waals surface area contributed by atoms with Crippen LogP contribution >= 0.6 is 0 Å². The summed E-state index contributed by atoms with van der Waals surface area (Å²) in [7, 11) is 4.70. The molecule has 1 aromatic heterocycles. The van der Waals surface area contributed by atoms with Gasteiger partial charge in [0.2, 0.25) is 23.0 Å². The van der Waals surface area contributed by atoms with Gasteiger partial charge in [-0.15, -0.1) is 0 Å². The first-order valence-corrected chi connectivity index (χ1v) is 17.0. The van der Waals surface area contributed by atoms with E-state index in [1.54, 1.807) is 33.5 Å².